The fourth-order valence-electron chi connectivity index (χ4n) is 3.39. The first-order chi connectivity index (χ1) is 13.7. The second-order valence-electron chi connectivity index (χ2n) is 6.87. The first-order valence-electron chi connectivity index (χ1n) is 9.52. The number of hydrogen-bond donors (Lipinski definition) is 0. The van der Waals surface area contributed by atoms with Crippen molar-refractivity contribution in [1.29, 1.82) is 0 Å². The number of ketones is 1. The number of benzene rings is 2. The Balaban J connectivity index is 1.27. The van der Waals surface area contributed by atoms with Gasteiger partial charge in [0.2, 0.25) is 0 Å². The Kier molecular flexibility index (Phi) is 5.86. The van der Waals surface area contributed by atoms with E-state index in [1.807, 2.05) is 6.07 Å². The van der Waals surface area contributed by atoms with Gasteiger partial charge in [-0.25, -0.2) is 0 Å². The summed E-state index contributed by atoms with van der Waals surface area (Å²) in [5, 5.41) is 0. The second kappa shape index (κ2) is 8.69. The van der Waals surface area contributed by atoms with Crippen molar-refractivity contribution >= 4 is 23.5 Å². The number of hydrogen-bond acceptors (Lipinski definition) is 6. The standard InChI is InChI=1S/C22H22O5S/c23-19(17-6-8-20-21(12-17)26-10-2-9-25-20)13-27-22(24)14-28-18-7-5-15-3-1-4-16(15)11-18/h5-8,11-12H,1-4,9-10,13-14H2. The minimum absolute atomic E-state index is 0.188. The van der Waals surface area contributed by atoms with Crippen molar-refractivity contribution in [2.24, 2.45) is 0 Å². The minimum atomic E-state index is -0.395. The highest BCUT2D eigenvalue weighted by Gasteiger charge is 2.16. The van der Waals surface area contributed by atoms with Gasteiger partial charge in [0.25, 0.3) is 0 Å². The number of thioether (sulfide) groups is 1. The Morgan fingerprint density at radius 3 is 2.64 bits per heavy atom. The zero-order valence-electron chi connectivity index (χ0n) is 15.6. The summed E-state index contributed by atoms with van der Waals surface area (Å²) in [5.74, 6) is 0.728. The molecule has 2 aromatic carbocycles. The van der Waals surface area contributed by atoms with E-state index in [-0.39, 0.29) is 18.1 Å². The smallest absolute Gasteiger partial charge is 0.316 e. The maximum Gasteiger partial charge on any atom is 0.316 e. The molecule has 2 aromatic rings. The summed E-state index contributed by atoms with van der Waals surface area (Å²) in [6, 6.07) is 11.4. The van der Waals surface area contributed by atoms with Gasteiger partial charge in [0.15, 0.2) is 23.9 Å². The molecule has 0 atom stereocenters. The van der Waals surface area contributed by atoms with Gasteiger partial charge in [-0.1, -0.05) is 6.07 Å². The molecule has 0 amide bonds. The molecule has 1 aliphatic heterocycles. The lowest BCUT2D eigenvalue weighted by Gasteiger charge is -2.09. The van der Waals surface area contributed by atoms with Gasteiger partial charge in [-0.15, -0.1) is 11.8 Å². The van der Waals surface area contributed by atoms with Gasteiger partial charge >= 0.3 is 5.97 Å². The highest BCUT2D eigenvalue weighted by Crippen LogP contribution is 2.31. The van der Waals surface area contributed by atoms with Crippen molar-refractivity contribution < 1.29 is 23.8 Å². The van der Waals surface area contributed by atoms with Gasteiger partial charge in [0, 0.05) is 16.9 Å². The largest absolute Gasteiger partial charge is 0.490 e. The van der Waals surface area contributed by atoms with Gasteiger partial charge < -0.3 is 14.2 Å². The Morgan fingerprint density at radius 2 is 1.75 bits per heavy atom. The molecule has 1 aliphatic carbocycles. The molecule has 2 aliphatic rings. The molecular formula is C22H22O5S. The first-order valence-corrected chi connectivity index (χ1v) is 10.5. The molecule has 146 valence electrons. The molecule has 0 saturated carbocycles. The van der Waals surface area contributed by atoms with Crippen molar-refractivity contribution in [2.75, 3.05) is 25.6 Å². The molecule has 0 saturated heterocycles. The Hall–Kier alpha value is -2.47. The van der Waals surface area contributed by atoms with Crippen molar-refractivity contribution in [3.63, 3.8) is 0 Å². The molecule has 1 heterocycles. The number of esters is 1. The van der Waals surface area contributed by atoms with Gasteiger partial charge in [-0.2, -0.15) is 0 Å². The third-order valence-corrected chi connectivity index (χ3v) is 5.83. The Morgan fingerprint density at radius 1 is 0.929 bits per heavy atom. The number of carbonyl (C=O) groups excluding carboxylic acids is 2. The summed E-state index contributed by atoms with van der Waals surface area (Å²) in [6.07, 6.45) is 4.26. The Bertz CT molecular complexity index is 892. The third kappa shape index (κ3) is 4.50. The third-order valence-electron chi connectivity index (χ3n) is 4.86. The van der Waals surface area contributed by atoms with Crippen LogP contribution in [-0.2, 0) is 22.4 Å². The molecule has 0 unspecified atom stereocenters. The van der Waals surface area contributed by atoms with Crippen molar-refractivity contribution in [3.05, 3.63) is 53.1 Å². The molecule has 0 fully saturated rings. The fourth-order valence-corrected chi connectivity index (χ4v) is 4.15. The predicted octanol–water partition coefficient (Wildman–Crippen LogP) is 3.85. The van der Waals surface area contributed by atoms with E-state index in [1.54, 1.807) is 18.2 Å². The quantitative estimate of drug-likeness (QED) is 0.418. The molecule has 28 heavy (non-hydrogen) atoms. The molecule has 0 N–H and O–H groups in total. The van der Waals surface area contributed by atoms with Crippen LogP contribution < -0.4 is 9.47 Å². The van der Waals surface area contributed by atoms with E-state index < -0.39 is 5.97 Å². The van der Waals surface area contributed by atoms with Crippen LogP contribution in [0.15, 0.2) is 41.3 Å². The first kappa shape index (κ1) is 18.9. The monoisotopic (exact) mass is 398 g/mol. The van der Waals surface area contributed by atoms with Crippen LogP contribution in [0.5, 0.6) is 11.5 Å². The summed E-state index contributed by atoms with van der Waals surface area (Å²) < 4.78 is 16.3. The lowest BCUT2D eigenvalue weighted by Crippen LogP contribution is -2.15. The van der Waals surface area contributed by atoms with Crippen molar-refractivity contribution in [3.8, 4) is 11.5 Å². The molecule has 4 rings (SSSR count). The number of rotatable bonds is 6. The van der Waals surface area contributed by atoms with E-state index in [2.05, 4.69) is 12.1 Å². The van der Waals surface area contributed by atoms with Crippen LogP contribution in [0.4, 0.5) is 0 Å². The predicted molar refractivity (Wildman–Crippen MR) is 107 cm³/mol. The number of ether oxygens (including phenoxy) is 3. The molecule has 0 aromatic heterocycles. The molecular weight excluding hydrogens is 376 g/mol. The highest BCUT2D eigenvalue weighted by molar-refractivity contribution is 8.00. The van der Waals surface area contributed by atoms with Crippen LogP contribution in [0.2, 0.25) is 0 Å². The van der Waals surface area contributed by atoms with E-state index in [9.17, 15) is 9.59 Å². The topological polar surface area (TPSA) is 61.8 Å². The van der Waals surface area contributed by atoms with Gasteiger partial charge in [-0.3, -0.25) is 9.59 Å². The normalized spacial score (nSPS) is 14.9. The van der Waals surface area contributed by atoms with Gasteiger partial charge in [0.05, 0.1) is 19.0 Å². The lowest BCUT2D eigenvalue weighted by atomic mass is 10.1. The molecule has 0 spiro atoms. The minimum Gasteiger partial charge on any atom is -0.490 e. The fraction of sp³-hybridized carbons (Fsp3) is 0.364. The van der Waals surface area contributed by atoms with Crippen LogP contribution in [0, 0.1) is 0 Å². The number of aryl methyl sites for hydroxylation is 2. The SMILES string of the molecule is O=C(CSc1ccc2c(c1)CCC2)OCC(=O)c1ccc2c(c1)OCCCO2. The number of fused-ring (bicyclic) bond motifs is 2. The van der Waals surface area contributed by atoms with Crippen LogP contribution in [0.3, 0.4) is 0 Å². The Labute approximate surface area is 168 Å². The van der Waals surface area contributed by atoms with Crippen LogP contribution in [0.25, 0.3) is 0 Å². The molecule has 6 heteroatoms. The zero-order chi connectivity index (χ0) is 19.3. The lowest BCUT2D eigenvalue weighted by molar-refractivity contribution is -0.139. The van der Waals surface area contributed by atoms with E-state index in [0.717, 1.165) is 24.2 Å². The van der Waals surface area contributed by atoms with Crippen LogP contribution in [0.1, 0.15) is 34.3 Å². The zero-order valence-corrected chi connectivity index (χ0v) is 16.4. The summed E-state index contributed by atoms with van der Waals surface area (Å²) >= 11 is 1.44. The van der Waals surface area contributed by atoms with Crippen molar-refractivity contribution in [1.82, 2.24) is 0 Å². The highest BCUT2D eigenvalue weighted by atomic mass is 32.2. The molecule has 5 nitrogen and oxygen atoms in total. The summed E-state index contributed by atoms with van der Waals surface area (Å²) in [7, 11) is 0. The maximum absolute atomic E-state index is 12.3. The van der Waals surface area contributed by atoms with Crippen LogP contribution in [-0.4, -0.2) is 37.3 Å². The van der Waals surface area contributed by atoms with E-state index in [4.69, 9.17) is 14.2 Å². The molecule has 0 bridgehead atoms. The van der Waals surface area contributed by atoms with E-state index >= 15 is 0 Å². The summed E-state index contributed by atoms with van der Waals surface area (Å²) in [4.78, 5) is 25.4. The van der Waals surface area contributed by atoms with E-state index in [0.29, 0.717) is 30.3 Å². The van der Waals surface area contributed by atoms with Gasteiger partial charge in [0.1, 0.15) is 0 Å². The number of carbonyl (C=O) groups is 2. The van der Waals surface area contributed by atoms with Crippen molar-refractivity contribution in [2.45, 2.75) is 30.6 Å². The molecule has 0 radical (unpaired) electrons. The van der Waals surface area contributed by atoms with E-state index in [1.165, 1.54) is 29.3 Å². The average molecular weight is 398 g/mol. The van der Waals surface area contributed by atoms with Gasteiger partial charge in [-0.05, 0) is 60.7 Å². The summed E-state index contributed by atoms with van der Waals surface area (Å²) in [6.45, 7) is 0.878. The maximum atomic E-state index is 12.3. The number of Topliss-reactive ketones (excluding diaryl/α,β-unsaturated/α-hetero) is 1. The van der Waals surface area contributed by atoms with Crippen LogP contribution >= 0.6 is 11.8 Å². The summed E-state index contributed by atoms with van der Waals surface area (Å²) in [5.41, 5.74) is 3.24. The average Bonchev–Trinajstić information content (AvgIpc) is 3.06. The second-order valence-corrected chi connectivity index (χ2v) is 7.92.